The van der Waals surface area contributed by atoms with Crippen molar-refractivity contribution in [1.82, 2.24) is 20.5 Å². The largest absolute Gasteiger partial charge is 0.488 e. The molecule has 3 aliphatic rings. The van der Waals surface area contributed by atoms with Gasteiger partial charge in [0, 0.05) is 29.4 Å². The van der Waals surface area contributed by atoms with Gasteiger partial charge in [0.05, 0.1) is 30.4 Å². The number of hydrogen-bond donors (Lipinski definition) is 4. The fourth-order valence-corrected chi connectivity index (χ4v) is 6.71. The lowest BCUT2D eigenvalue weighted by atomic mass is 10.1. The number of ether oxygens (including phenoxy) is 2. The van der Waals surface area contributed by atoms with Crippen molar-refractivity contribution < 1.29 is 34.1 Å². The maximum Gasteiger partial charge on any atom is 0.407 e. The van der Waals surface area contributed by atoms with Gasteiger partial charge in [0.25, 0.3) is 0 Å². The lowest BCUT2D eigenvalue weighted by Gasteiger charge is -2.33. The predicted molar refractivity (Wildman–Crippen MR) is 181 cm³/mol. The number of carbonyl (C=O) groups is 3. The Kier molecular flexibility index (Phi) is 9.79. The standard InChI is InChI=1S/C37H42N4O7/c1-3-5-14-29-34(43)41-22-26(19-31(41)33(42)40-37(35(44)45)21-25(37)4-2)48-32-20-30(24-12-7-6-8-13-24)38-28-16-15-23(18-27(28)32)11-9-10-17-47-36(46)39-29/h4,6-9,11-13,15-16,18,20,25-26,29,31,33,40,42H,2-3,5,10,14,17,19,21-22H2,1H3,(H,39,46)(H,44,45)/b11-9+/t25-,26-,29+,31+,33?,37-/m1/s1. The van der Waals surface area contributed by atoms with Gasteiger partial charge in [-0.1, -0.05) is 74.4 Å². The summed E-state index contributed by atoms with van der Waals surface area (Å²) >= 11 is 0. The molecule has 2 aromatic carbocycles. The number of aliphatic hydroxyl groups excluding tert-OH is 1. The van der Waals surface area contributed by atoms with Gasteiger partial charge < -0.3 is 29.9 Å². The summed E-state index contributed by atoms with van der Waals surface area (Å²) in [5.74, 6) is -1.27. The quantitative estimate of drug-likeness (QED) is 0.187. The molecule has 1 saturated heterocycles. The van der Waals surface area contributed by atoms with E-state index in [1.54, 1.807) is 6.08 Å². The molecule has 2 aliphatic heterocycles. The summed E-state index contributed by atoms with van der Waals surface area (Å²) in [7, 11) is 0. The first-order chi connectivity index (χ1) is 23.2. The van der Waals surface area contributed by atoms with Crippen LogP contribution in [-0.4, -0.2) is 81.2 Å². The fraction of sp³-hybridized carbons (Fsp3) is 0.405. The summed E-state index contributed by atoms with van der Waals surface area (Å²) < 4.78 is 12.1. The molecule has 252 valence electrons. The van der Waals surface area contributed by atoms with Crippen molar-refractivity contribution in [1.29, 1.82) is 0 Å². The number of alkyl carbamates (subject to hydrolysis) is 1. The van der Waals surface area contributed by atoms with Crippen molar-refractivity contribution in [3.63, 3.8) is 0 Å². The molecule has 4 N–H and O–H groups in total. The lowest BCUT2D eigenvalue weighted by molar-refractivity contribution is -0.143. The second-order valence-corrected chi connectivity index (χ2v) is 12.8. The SMILES string of the molecule is C=C[C@@H]1C[C@]1(NC(O)[C@@H]1C[C@@H]2CN1C(=O)[C@H](CCCC)NC(=O)OCC/C=C/c1ccc3nc(-c4ccccc4)cc(c3c1)O2)C(=O)O. The summed E-state index contributed by atoms with van der Waals surface area (Å²) in [5.41, 5.74) is 1.92. The Balaban J connectivity index is 1.40. The van der Waals surface area contributed by atoms with E-state index in [1.165, 1.54) is 4.90 Å². The normalized spacial score (nSPS) is 27.0. The minimum absolute atomic E-state index is 0.108. The fourth-order valence-electron chi connectivity index (χ4n) is 6.71. The third kappa shape index (κ3) is 6.93. The van der Waals surface area contributed by atoms with E-state index in [0.29, 0.717) is 25.0 Å². The topological polar surface area (TPSA) is 150 Å². The van der Waals surface area contributed by atoms with Crippen molar-refractivity contribution in [2.24, 2.45) is 5.92 Å². The minimum atomic E-state index is -1.39. The monoisotopic (exact) mass is 654 g/mol. The van der Waals surface area contributed by atoms with Gasteiger partial charge in [-0.15, -0.1) is 6.58 Å². The summed E-state index contributed by atoms with van der Waals surface area (Å²) in [5, 5.41) is 28.0. The van der Waals surface area contributed by atoms with Gasteiger partial charge in [0.2, 0.25) is 5.91 Å². The van der Waals surface area contributed by atoms with Crippen LogP contribution in [-0.2, 0) is 14.3 Å². The first-order valence-corrected chi connectivity index (χ1v) is 16.6. The third-order valence-electron chi connectivity index (χ3n) is 9.46. The molecule has 6 atom stereocenters. The van der Waals surface area contributed by atoms with Crippen molar-refractivity contribution in [3.05, 3.63) is 78.9 Å². The van der Waals surface area contributed by atoms with Crippen LogP contribution in [0.1, 0.15) is 51.0 Å². The van der Waals surface area contributed by atoms with Gasteiger partial charge in [-0.2, -0.15) is 0 Å². The number of pyridine rings is 1. The Morgan fingerprint density at radius 1 is 1.23 bits per heavy atom. The zero-order valence-corrected chi connectivity index (χ0v) is 27.0. The highest BCUT2D eigenvalue weighted by atomic mass is 16.5. The molecule has 1 aliphatic carbocycles. The smallest absolute Gasteiger partial charge is 0.407 e. The number of aliphatic hydroxyl groups is 1. The highest BCUT2D eigenvalue weighted by Gasteiger charge is 2.61. The second-order valence-electron chi connectivity index (χ2n) is 12.8. The first kappa shape index (κ1) is 33.2. The molecular formula is C37H42N4O7. The molecule has 11 heteroatoms. The molecule has 0 radical (unpaired) electrons. The van der Waals surface area contributed by atoms with Crippen LogP contribution in [0.5, 0.6) is 5.75 Å². The molecule has 1 aromatic heterocycles. The number of nitrogens with one attached hydrogen (secondary N) is 2. The van der Waals surface area contributed by atoms with Gasteiger partial charge in [-0.25, -0.2) is 9.78 Å². The average Bonchev–Trinajstić information content (AvgIpc) is 3.65. The number of nitrogens with zero attached hydrogens (tertiary/aromatic N) is 2. The zero-order valence-electron chi connectivity index (χ0n) is 27.0. The minimum Gasteiger partial charge on any atom is -0.488 e. The lowest BCUT2D eigenvalue weighted by Crippen LogP contribution is -2.58. The maximum absolute atomic E-state index is 14.2. The molecule has 11 nitrogen and oxygen atoms in total. The van der Waals surface area contributed by atoms with Crippen LogP contribution in [0.15, 0.2) is 73.3 Å². The Hall–Kier alpha value is -4.74. The summed E-state index contributed by atoms with van der Waals surface area (Å²) in [4.78, 5) is 45.7. The van der Waals surface area contributed by atoms with Crippen LogP contribution in [0.4, 0.5) is 4.79 Å². The van der Waals surface area contributed by atoms with Crippen LogP contribution in [0, 0.1) is 5.92 Å². The molecule has 2 fully saturated rings. The number of unbranched alkanes of at least 4 members (excludes halogenated alkanes) is 1. The van der Waals surface area contributed by atoms with Crippen LogP contribution in [0.25, 0.3) is 28.2 Å². The molecule has 3 aromatic rings. The molecule has 1 unspecified atom stereocenters. The molecular weight excluding hydrogens is 612 g/mol. The van der Waals surface area contributed by atoms with E-state index in [2.05, 4.69) is 17.2 Å². The van der Waals surface area contributed by atoms with Crippen molar-refractivity contribution >= 4 is 34.9 Å². The Morgan fingerprint density at radius 2 is 2.04 bits per heavy atom. The van der Waals surface area contributed by atoms with Crippen LogP contribution in [0.3, 0.4) is 0 Å². The van der Waals surface area contributed by atoms with E-state index >= 15 is 0 Å². The van der Waals surface area contributed by atoms with Crippen LogP contribution < -0.4 is 15.4 Å². The first-order valence-electron chi connectivity index (χ1n) is 16.6. The van der Waals surface area contributed by atoms with Crippen LogP contribution >= 0.6 is 0 Å². The van der Waals surface area contributed by atoms with E-state index in [-0.39, 0.29) is 31.9 Å². The highest BCUT2D eigenvalue weighted by Crippen LogP contribution is 2.45. The molecule has 4 bridgehead atoms. The predicted octanol–water partition coefficient (Wildman–Crippen LogP) is 4.89. The summed E-state index contributed by atoms with van der Waals surface area (Å²) in [6.45, 7) is 5.97. The Morgan fingerprint density at radius 3 is 2.77 bits per heavy atom. The number of rotatable bonds is 9. The van der Waals surface area contributed by atoms with Crippen molar-refractivity contribution in [2.45, 2.75) is 75.4 Å². The van der Waals surface area contributed by atoms with E-state index in [9.17, 15) is 24.6 Å². The maximum atomic E-state index is 14.2. The van der Waals surface area contributed by atoms with Gasteiger partial charge >= 0.3 is 12.1 Å². The van der Waals surface area contributed by atoms with E-state index < -0.39 is 47.9 Å². The number of aromatic nitrogens is 1. The van der Waals surface area contributed by atoms with Crippen molar-refractivity contribution in [3.8, 4) is 17.0 Å². The molecule has 2 amide bonds. The van der Waals surface area contributed by atoms with Crippen LogP contribution in [0.2, 0.25) is 0 Å². The summed E-state index contributed by atoms with van der Waals surface area (Å²) in [6.07, 6.45) is 5.59. The molecule has 48 heavy (non-hydrogen) atoms. The molecule has 3 heterocycles. The number of fused-ring (bicyclic) bond motifs is 3. The van der Waals surface area contributed by atoms with E-state index in [1.807, 2.05) is 73.7 Å². The zero-order chi connectivity index (χ0) is 33.8. The number of carboxylic acids is 1. The van der Waals surface area contributed by atoms with Gasteiger partial charge in [-0.05, 0) is 37.0 Å². The number of hydrogen-bond acceptors (Lipinski definition) is 8. The number of carboxylic acid groups (broad SMARTS) is 1. The average molecular weight is 655 g/mol. The highest BCUT2D eigenvalue weighted by molar-refractivity contribution is 5.90. The van der Waals surface area contributed by atoms with Gasteiger partial charge in [0.15, 0.2) is 0 Å². The second kappa shape index (κ2) is 14.2. The molecule has 1 saturated carbocycles. The third-order valence-corrected chi connectivity index (χ3v) is 9.46. The van der Waals surface area contributed by atoms with E-state index in [0.717, 1.165) is 34.1 Å². The number of carbonyl (C=O) groups excluding carboxylic acids is 2. The molecule has 6 rings (SSSR count). The number of benzene rings is 2. The number of cyclic esters (lactones) is 1. The molecule has 0 spiro atoms. The van der Waals surface area contributed by atoms with Gasteiger partial charge in [-0.3, -0.25) is 14.9 Å². The Labute approximate surface area is 279 Å². The van der Waals surface area contributed by atoms with E-state index in [4.69, 9.17) is 14.5 Å². The van der Waals surface area contributed by atoms with Gasteiger partial charge in [0.1, 0.15) is 29.7 Å². The summed E-state index contributed by atoms with van der Waals surface area (Å²) in [6, 6.07) is 15.8. The number of aliphatic carboxylic acids is 1. The Bertz CT molecular complexity index is 1710. The number of amides is 2. The van der Waals surface area contributed by atoms with Crippen molar-refractivity contribution in [2.75, 3.05) is 13.2 Å².